The minimum Gasteiger partial charge on any atom is -0.391 e. The van der Waals surface area contributed by atoms with E-state index in [4.69, 9.17) is 4.18 Å². The molecule has 0 aromatic rings. The molecule has 1 N–H and O–H groups in total. The van der Waals surface area contributed by atoms with Crippen molar-refractivity contribution in [2.24, 2.45) is 0 Å². The summed E-state index contributed by atoms with van der Waals surface area (Å²) in [5.74, 6) is 0.291. The van der Waals surface area contributed by atoms with Gasteiger partial charge in [-0.3, -0.25) is 9.59 Å². The maximum Gasteiger partial charge on any atom is 0.317 e. The van der Waals surface area contributed by atoms with Gasteiger partial charge in [-0.2, -0.15) is 0 Å². The second-order valence-corrected chi connectivity index (χ2v) is 7.17. The second kappa shape index (κ2) is 22.3. The van der Waals surface area contributed by atoms with E-state index >= 15 is 0 Å². The average molecular weight is 420 g/mol. The van der Waals surface area contributed by atoms with Crippen LogP contribution in [0.3, 0.4) is 0 Å². The maximum atomic E-state index is 11.5. The molecule has 29 heavy (non-hydrogen) atoms. The predicted octanol–water partition coefficient (Wildman–Crippen LogP) is 6.24. The van der Waals surface area contributed by atoms with E-state index in [-0.39, 0.29) is 11.9 Å². The number of rotatable bonds is 17. The molecule has 0 rings (SSSR count). The number of amides is 1. The second-order valence-electron chi connectivity index (χ2n) is 6.36. The number of hydrogen-bond acceptors (Lipinski definition) is 4. The summed E-state index contributed by atoms with van der Waals surface area (Å²) >= 11 is 1.09. The quantitative estimate of drug-likeness (QED) is 0.172. The fourth-order valence-corrected chi connectivity index (χ4v) is 2.63. The minimum absolute atomic E-state index is 0.0750. The lowest BCUT2D eigenvalue weighted by Crippen LogP contribution is -2.22. The van der Waals surface area contributed by atoms with Gasteiger partial charge in [0.1, 0.15) is 0 Å². The Kier molecular flexibility index (Phi) is 20.7. The summed E-state index contributed by atoms with van der Waals surface area (Å²) in [6, 6.07) is 0. The van der Waals surface area contributed by atoms with Crippen molar-refractivity contribution in [3.05, 3.63) is 60.8 Å². The van der Waals surface area contributed by atoms with E-state index < -0.39 is 0 Å². The Bertz CT molecular complexity index is 562. The van der Waals surface area contributed by atoms with Gasteiger partial charge in [0.2, 0.25) is 5.91 Å². The number of carbonyl (C=O) groups excluding carboxylic acids is 2. The van der Waals surface area contributed by atoms with Gasteiger partial charge in [0.15, 0.2) is 0 Å². The first-order chi connectivity index (χ1) is 14.2. The van der Waals surface area contributed by atoms with E-state index in [0.717, 1.165) is 57.0 Å². The molecule has 0 aromatic carbocycles. The maximum absolute atomic E-state index is 11.5. The van der Waals surface area contributed by atoms with E-state index in [0.29, 0.717) is 18.7 Å². The van der Waals surface area contributed by atoms with Crippen LogP contribution in [0.2, 0.25) is 0 Å². The van der Waals surface area contributed by atoms with E-state index in [2.05, 4.69) is 73.0 Å². The third kappa shape index (κ3) is 24.0. The number of nitrogens with one attached hydrogen (secondary N) is 1. The van der Waals surface area contributed by atoms with Gasteiger partial charge < -0.3 is 9.50 Å². The number of unbranched alkanes of at least 4 members (excludes halogenated alkanes) is 1. The van der Waals surface area contributed by atoms with Crippen LogP contribution in [-0.4, -0.2) is 24.2 Å². The summed E-state index contributed by atoms with van der Waals surface area (Å²) in [7, 11) is 0. The van der Waals surface area contributed by atoms with Crippen LogP contribution in [0.25, 0.3) is 0 Å². The summed E-state index contributed by atoms with van der Waals surface area (Å²) in [6.07, 6.45) is 28.8. The summed E-state index contributed by atoms with van der Waals surface area (Å²) in [5, 5.41) is 2.65. The Labute approximate surface area is 181 Å². The van der Waals surface area contributed by atoms with E-state index in [9.17, 15) is 9.59 Å². The van der Waals surface area contributed by atoms with Gasteiger partial charge in [0.25, 0.3) is 0 Å². The number of allylic oxidation sites excluding steroid dienone is 10. The zero-order valence-electron chi connectivity index (χ0n) is 18.0. The van der Waals surface area contributed by atoms with Crippen LogP contribution in [0.4, 0.5) is 0 Å². The van der Waals surface area contributed by atoms with Crippen molar-refractivity contribution in [1.29, 1.82) is 0 Å². The van der Waals surface area contributed by atoms with Crippen LogP contribution < -0.4 is 5.32 Å². The Balaban J connectivity index is 3.50. The molecular weight excluding hydrogens is 382 g/mol. The van der Waals surface area contributed by atoms with Crippen LogP contribution in [-0.2, 0) is 13.8 Å². The van der Waals surface area contributed by atoms with Crippen molar-refractivity contribution in [3.63, 3.8) is 0 Å². The average Bonchev–Trinajstić information content (AvgIpc) is 2.69. The van der Waals surface area contributed by atoms with Crippen LogP contribution >= 0.6 is 12.0 Å². The van der Waals surface area contributed by atoms with E-state index in [1.165, 1.54) is 6.92 Å². The third-order valence-electron chi connectivity index (χ3n) is 3.62. The van der Waals surface area contributed by atoms with Gasteiger partial charge in [-0.25, -0.2) is 0 Å². The first kappa shape index (κ1) is 27.0. The van der Waals surface area contributed by atoms with Gasteiger partial charge >= 0.3 is 5.97 Å². The van der Waals surface area contributed by atoms with Gasteiger partial charge in [-0.15, -0.1) is 0 Å². The highest BCUT2D eigenvalue weighted by atomic mass is 32.2. The van der Waals surface area contributed by atoms with Crippen molar-refractivity contribution >= 4 is 23.9 Å². The Morgan fingerprint density at radius 3 is 1.86 bits per heavy atom. The first-order valence-corrected chi connectivity index (χ1v) is 11.4. The molecule has 0 saturated carbocycles. The fourth-order valence-electron chi connectivity index (χ4n) is 2.15. The molecule has 5 heteroatoms. The molecular formula is C24H37NO3S. The van der Waals surface area contributed by atoms with Crippen molar-refractivity contribution in [2.45, 2.75) is 65.2 Å². The normalized spacial score (nSPS) is 12.2. The molecule has 1 amide bonds. The molecule has 0 aliphatic heterocycles. The molecule has 0 fully saturated rings. The van der Waals surface area contributed by atoms with Gasteiger partial charge in [0.05, 0.1) is 12.0 Å². The molecule has 0 atom stereocenters. The van der Waals surface area contributed by atoms with Gasteiger partial charge in [0, 0.05) is 25.6 Å². The van der Waals surface area contributed by atoms with Crippen LogP contribution in [0.1, 0.15) is 65.2 Å². The highest BCUT2D eigenvalue weighted by molar-refractivity contribution is 7.95. The summed E-state index contributed by atoms with van der Waals surface area (Å²) in [4.78, 5) is 22.2. The molecule has 0 aliphatic carbocycles. The molecule has 0 heterocycles. The Hall–Kier alpha value is -2.01. The summed E-state index contributed by atoms with van der Waals surface area (Å²) in [5.41, 5.74) is 0. The lowest BCUT2D eigenvalue weighted by molar-refractivity contribution is -0.133. The van der Waals surface area contributed by atoms with Crippen molar-refractivity contribution in [3.8, 4) is 0 Å². The predicted molar refractivity (Wildman–Crippen MR) is 126 cm³/mol. The van der Waals surface area contributed by atoms with Crippen molar-refractivity contribution < 1.29 is 13.8 Å². The molecule has 0 saturated heterocycles. The SMILES string of the molecule is CC/C=C\C/C=C\C/C=C\C/C=C\C/C=C\CCCC(=O)OSCCNC(C)=O. The Morgan fingerprint density at radius 1 is 0.828 bits per heavy atom. The van der Waals surface area contributed by atoms with Crippen molar-refractivity contribution in [2.75, 3.05) is 12.3 Å². The van der Waals surface area contributed by atoms with Crippen molar-refractivity contribution in [1.82, 2.24) is 5.32 Å². The third-order valence-corrected chi connectivity index (χ3v) is 4.30. The molecule has 0 bridgehead atoms. The molecule has 4 nitrogen and oxygen atoms in total. The van der Waals surface area contributed by atoms with E-state index in [1.54, 1.807) is 0 Å². The lowest BCUT2D eigenvalue weighted by atomic mass is 10.2. The number of hydrogen-bond donors (Lipinski definition) is 1. The lowest BCUT2D eigenvalue weighted by Gasteiger charge is -2.02. The zero-order chi connectivity index (χ0) is 21.4. The summed E-state index contributed by atoms with van der Waals surface area (Å²) < 4.78 is 5.03. The number of carbonyl (C=O) groups is 2. The van der Waals surface area contributed by atoms with Gasteiger partial charge in [-0.1, -0.05) is 67.7 Å². The van der Waals surface area contributed by atoms with Crippen LogP contribution in [0.5, 0.6) is 0 Å². The molecule has 0 radical (unpaired) electrons. The monoisotopic (exact) mass is 419 g/mol. The Morgan fingerprint density at radius 2 is 1.34 bits per heavy atom. The largest absolute Gasteiger partial charge is 0.391 e. The standard InChI is InChI=1S/C24H37NO3S/c1-3-4-5-6-7-8-9-10-11-12-13-14-15-16-17-18-19-20-24(27)28-29-22-21-25-23(2)26/h4-5,7-8,10-11,13-14,16-17H,3,6,9,12,15,18-22H2,1-2H3,(H,25,26)/b5-4-,8-7-,11-10-,14-13-,17-16-. The smallest absolute Gasteiger partial charge is 0.317 e. The summed E-state index contributed by atoms with van der Waals surface area (Å²) in [6.45, 7) is 4.12. The van der Waals surface area contributed by atoms with Gasteiger partial charge in [-0.05, 0) is 44.9 Å². The highest BCUT2D eigenvalue weighted by Gasteiger charge is 2.02. The van der Waals surface area contributed by atoms with E-state index in [1.807, 2.05) is 0 Å². The molecule has 162 valence electrons. The molecule has 0 aromatic heterocycles. The molecule has 0 spiro atoms. The van der Waals surface area contributed by atoms with Crippen LogP contribution in [0.15, 0.2) is 60.8 Å². The molecule has 0 aliphatic rings. The minimum atomic E-state index is -0.204. The highest BCUT2D eigenvalue weighted by Crippen LogP contribution is 2.07. The zero-order valence-corrected chi connectivity index (χ0v) is 18.8. The topological polar surface area (TPSA) is 55.4 Å². The van der Waals surface area contributed by atoms with Crippen LogP contribution in [0, 0.1) is 0 Å². The first-order valence-electron chi connectivity index (χ1n) is 10.5. The fraction of sp³-hybridized carbons (Fsp3) is 0.500. The molecule has 0 unspecified atom stereocenters.